The predicted molar refractivity (Wildman–Crippen MR) is 118 cm³/mol. The van der Waals surface area contributed by atoms with Gasteiger partial charge in [-0.1, -0.05) is 18.5 Å². The van der Waals surface area contributed by atoms with Crippen LogP contribution in [0, 0.1) is 11.8 Å². The highest BCUT2D eigenvalue weighted by molar-refractivity contribution is 7.13. The Kier molecular flexibility index (Phi) is 7.85. The molecule has 2 N–H and O–H groups in total. The van der Waals surface area contributed by atoms with Gasteiger partial charge in [-0.15, -0.1) is 22.9 Å². The van der Waals surface area contributed by atoms with Crippen LogP contribution in [-0.2, 0) is 12.8 Å². The second-order valence-corrected chi connectivity index (χ2v) is 9.66. The van der Waals surface area contributed by atoms with E-state index in [1.807, 2.05) is 31.2 Å². The first kappa shape index (κ1) is 22.4. The molecule has 0 amide bonds. The average Bonchev–Trinajstić information content (AvgIpc) is 3.26. The van der Waals surface area contributed by atoms with Gasteiger partial charge in [0.05, 0.1) is 12.7 Å². The number of hydrogen-bond acceptors (Lipinski definition) is 4. The van der Waals surface area contributed by atoms with Crippen LogP contribution in [0.1, 0.15) is 46.3 Å². The van der Waals surface area contributed by atoms with Crippen LogP contribution in [0.25, 0.3) is 0 Å². The van der Waals surface area contributed by atoms with Crippen molar-refractivity contribution in [3.05, 3.63) is 50.7 Å². The Bertz CT molecular complexity index is 838. The molecule has 4 nitrogen and oxygen atoms in total. The molecule has 0 saturated heterocycles. The number of aliphatic hydroxyl groups is 1. The Balaban J connectivity index is 1.56. The smallest absolute Gasteiger partial charge is 0.345 e. The van der Waals surface area contributed by atoms with Gasteiger partial charge in [0, 0.05) is 21.2 Å². The number of aromatic carboxylic acids is 1. The van der Waals surface area contributed by atoms with Crippen molar-refractivity contribution in [3.63, 3.8) is 0 Å². The van der Waals surface area contributed by atoms with E-state index in [1.54, 1.807) is 6.07 Å². The molecule has 3 rings (SSSR count). The summed E-state index contributed by atoms with van der Waals surface area (Å²) in [6.07, 6.45) is 3.53. The van der Waals surface area contributed by atoms with Gasteiger partial charge < -0.3 is 14.9 Å². The molecule has 1 heterocycles. The summed E-state index contributed by atoms with van der Waals surface area (Å²) in [5.74, 6) is 0.0290. The van der Waals surface area contributed by atoms with Crippen LogP contribution >= 0.6 is 34.5 Å². The SMILES string of the molecule is CCc1cc(OCC2C(O)CC(Cl)C2CCCc2ccc(C(=O)O)s2)ccc1Cl. The van der Waals surface area contributed by atoms with Gasteiger partial charge in [-0.2, -0.15) is 0 Å². The molecular formula is C22H26Cl2O4S. The van der Waals surface area contributed by atoms with Crippen LogP contribution < -0.4 is 4.74 Å². The van der Waals surface area contributed by atoms with E-state index in [-0.39, 0.29) is 17.2 Å². The maximum Gasteiger partial charge on any atom is 0.345 e. The predicted octanol–water partition coefficient (Wildman–Crippen LogP) is 5.67. The average molecular weight is 457 g/mol. The van der Waals surface area contributed by atoms with E-state index < -0.39 is 12.1 Å². The number of halogens is 2. The van der Waals surface area contributed by atoms with Crippen LogP contribution in [-0.4, -0.2) is 34.3 Å². The molecule has 4 unspecified atom stereocenters. The van der Waals surface area contributed by atoms with Crippen LogP contribution in [0.15, 0.2) is 30.3 Å². The van der Waals surface area contributed by atoms with Crippen molar-refractivity contribution in [2.45, 2.75) is 50.5 Å². The Labute approximate surface area is 185 Å². The minimum absolute atomic E-state index is 0.0174. The topological polar surface area (TPSA) is 66.8 Å². The molecule has 0 radical (unpaired) electrons. The molecule has 1 fully saturated rings. The van der Waals surface area contributed by atoms with Gasteiger partial charge in [-0.25, -0.2) is 4.79 Å². The molecule has 1 saturated carbocycles. The normalized spacial score (nSPS) is 24.0. The zero-order chi connectivity index (χ0) is 21.0. The molecule has 1 aromatic carbocycles. The molecule has 7 heteroatoms. The maximum atomic E-state index is 11.0. The van der Waals surface area contributed by atoms with E-state index in [1.165, 1.54) is 11.3 Å². The Morgan fingerprint density at radius 2 is 2.07 bits per heavy atom. The summed E-state index contributed by atoms with van der Waals surface area (Å²) in [4.78, 5) is 12.4. The molecule has 2 aromatic rings. The molecule has 1 aliphatic rings. The fourth-order valence-corrected chi connectivity index (χ4v) is 5.64. The van der Waals surface area contributed by atoms with E-state index in [4.69, 9.17) is 33.0 Å². The van der Waals surface area contributed by atoms with Crippen molar-refractivity contribution < 1.29 is 19.7 Å². The molecule has 29 heavy (non-hydrogen) atoms. The number of ether oxygens (including phenoxy) is 1. The van der Waals surface area contributed by atoms with Crippen molar-refractivity contribution in [3.8, 4) is 5.75 Å². The quantitative estimate of drug-likeness (QED) is 0.477. The summed E-state index contributed by atoms with van der Waals surface area (Å²) in [6, 6.07) is 9.18. The first-order valence-corrected chi connectivity index (χ1v) is 11.6. The zero-order valence-electron chi connectivity index (χ0n) is 16.3. The van der Waals surface area contributed by atoms with Crippen LogP contribution in [0.3, 0.4) is 0 Å². The summed E-state index contributed by atoms with van der Waals surface area (Å²) in [5.41, 5.74) is 1.04. The van der Waals surface area contributed by atoms with Crippen molar-refractivity contribution >= 4 is 40.5 Å². The Hall–Kier alpha value is -1.27. The number of alkyl halides is 1. The third-order valence-corrected chi connectivity index (χ3v) is 7.65. The summed E-state index contributed by atoms with van der Waals surface area (Å²) in [6.45, 7) is 2.47. The van der Waals surface area contributed by atoms with E-state index in [0.717, 1.165) is 46.9 Å². The van der Waals surface area contributed by atoms with Gasteiger partial charge in [0.15, 0.2) is 0 Å². The number of rotatable bonds is 9. The van der Waals surface area contributed by atoms with E-state index in [2.05, 4.69) is 0 Å². The lowest BCUT2D eigenvalue weighted by atomic mass is 9.90. The number of aliphatic hydroxyl groups excluding tert-OH is 1. The van der Waals surface area contributed by atoms with E-state index in [9.17, 15) is 9.90 Å². The largest absolute Gasteiger partial charge is 0.493 e. The van der Waals surface area contributed by atoms with Crippen molar-refractivity contribution in [2.24, 2.45) is 11.8 Å². The highest BCUT2D eigenvalue weighted by Gasteiger charge is 2.41. The van der Waals surface area contributed by atoms with Gasteiger partial charge >= 0.3 is 5.97 Å². The number of carbonyl (C=O) groups is 1. The molecule has 0 spiro atoms. The lowest BCUT2D eigenvalue weighted by molar-refractivity contribution is 0.0701. The summed E-state index contributed by atoms with van der Waals surface area (Å²) in [5, 5.41) is 20.2. The molecule has 158 valence electrons. The monoisotopic (exact) mass is 456 g/mol. The number of benzene rings is 1. The van der Waals surface area contributed by atoms with Crippen molar-refractivity contribution in [1.82, 2.24) is 0 Å². The fourth-order valence-electron chi connectivity index (χ4n) is 4.01. The Morgan fingerprint density at radius 1 is 1.28 bits per heavy atom. The first-order chi connectivity index (χ1) is 13.9. The molecule has 0 bridgehead atoms. The number of carboxylic acid groups (broad SMARTS) is 1. The standard InChI is InChI=1S/C22H26Cl2O4S/c1-2-13-10-14(6-8-18(13)23)28-12-17-16(19(24)11-20(17)25)5-3-4-15-7-9-21(29-15)22(26)27/h6-10,16-17,19-20,25H,2-5,11-12H2,1H3,(H,26,27). The number of hydrogen-bond donors (Lipinski definition) is 2. The van der Waals surface area contributed by atoms with Crippen molar-refractivity contribution in [2.75, 3.05) is 6.61 Å². The third kappa shape index (κ3) is 5.66. The number of carboxylic acids is 1. The molecule has 1 aromatic heterocycles. The highest BCUT2D eigenvalue weighted by atomic mass is 35.5. The van der Waals surface area contributed by atoms with Crippen molar-refractivity contribution in [1.29, 1.82) is 0 Å². The Morgan fingerprint density at radius 3 is 2.76 bits per heavy atom. The van der Waals surface area contributed by atoms with Gasteiger partial charge in [0.1, 0.15) is 10.6 Å². The lowest BCUT2D eigenvalue weighted by Crippen LogP contribution is -2.27. The number of thiophene rings is 1. The van der Waals surface area contributed by atoms with E-state index >= 15 is 0 Å². The van der Waals surface area contributed by atoms with Gasteiger partial charge in [-0.05, 0) is 73.9 Å². The summed E-state index contributed by atoms with van der Waals surface area (Å²) in [7, 11) is 0. The summed E-state index contributed by atoms with van der Waals surface area (Å²) < 4.78 is 5.99. The highest BCUT2D eigenvalue weighted by Crippen LogP contribution is 2.40. The fraction of sp³-hybridized carbons (Fsp3) is 0.500. The van der Waals surface area contributed by atoms with Crippen LogP contribution in [0.5, 0.6) is 5.75 Å². The minimum Gasteiger partial charge on any atom is -0.493 e. The second kappa shape index (κ2) is 10.2. The van der Waals surface area contributed by atoms with Gasteiger partial charge in [0.25, 0.3) is 0 Å². The molecule has 0 aliphatic heterocycles. The van der Waals surface area contributed by atoms with Gasteiger partial charge in [-0.3, -0.25) is 0 Å². The zero-order valence-corrected chi connectivity index (χ0v) is 18.6. The molecule has 4 atom stereocenters. The number of aryl methyl sites for hydroxylation is 2. The first-order valence-electron chi connectivity index (χ1n) is 9.94. The van der Waals surface area contributed by atoms with Crippen LogP contribution in [0.2, 0.25) is 5.02 Å². The van der Waals surface area contributed by atoms with E-state index in [0.29, 0.717) is 17.9 Å². The maximum absolute atomic E-state index is 11.0. The minimum atomic E-state index is -0.883. The lowest BCUT2D eigenvalue weighted by Gasteiger charge is -2.24. The second-order valence-electron chi connectivity index (χ2n) is 7.53. The summed E-state index contributed by atoms with van der Waals surface area (Å²) >= 11 is 14.0. The van der Waals surface area contributed by atoms with Gasteiger partial charge in [0.2, 0.25) is 0 Å². The van der Waals surface area contributed by atoms with Crippen LogP contribution in [0.4, 0.5) is 0 Å². The molecular weight excluding hydrogens is 431 g/mol. The third-order valence-electron chi connectivity index (χ3n) is 5.65. The molecule has 1 aliphatic carbocycles.